The maximum absolute atomic E-state index is 4.53. The molecular formula is C16H24N4. The van der Waals surface area contributed by atoms with Gasteiger partial charge in [-0.1, -0.05) is 6.92 Å². The Kier molecular flexibility index (Phi) is 5.30. The fourth-order valence-electron chi connectivity index (χ4n) is 2.35. The molecule has 4 nitrogen and oxygen atoms in total. The van der Waals surface area contributed by atoms with Gasteiger partial charge in [0, 0.05) is 31.6 Å². The molecule has 2 rings (SSSR count). The van der Waals surface area contributed by atoms with Gasteiger partial charge in [0.15, 0.2) is 0 Å². The number of rotatable bonds is 7. The van der Waals surface area contributed by atoms with Gasteiger partial charge in [0.1, 0.15) is 5.82 Å². The van der Waals surface area contributed by atoms with Crippen LogP contribution in [0.15, 0.2) is 30.7 Å². The van der Waals surface area contributed by atoms with Gasteiger partial charge in [-0.05, 0) is 44.5 Å². The first-order chi connectivity index (χ1) is 9.74. The van der Waals surface area contributed by atoms with Crippen LogP contribution in [0.2, 0.25) is 0 Å². The second kappa shape index (κ2) is 7.20. The van der Waals surface area contributed by atoms with E-state index in [0.717, 1.165) is 37.4 Å². The van der Waals surface area contributed by atoms with Gasteiger partial charge in [0.2, 0.25) is 0 Å². The van der Waals surface area contributed by atoms with Gasteiger partial charge in [-0.25, -0.2) is 4.98 Å². The van der Waals surface area contributed by atoms with E-state index in [2.05, 4.69) is 46.7 Å². The highest BCUT2D eigenvalue weighted by Gasteiger charge is 2.15. The van der Waals surface area contributed by atoms with Crippen LogP contribution in [-0.4, -0.2) is 21.1 Å². The van der Waals surface area contributed by atoms with Crippen molar-refractivity contribution in [2.75, 3.05) is 6.54 Å². The van der Waals surface area contributed by atoms with E-state index in [4.69, 9.17) is 0 Å². The third-order valence-corrected chi connectivity index (χ3v) is 3.46. The van der Waals surface area contributed by atoms with Crippen LogP contribution in [0.25, 0.3) is 0 Å². The summed E-state index contributed by atoms with van der Waals surface area (Å²) in [7, 11) is 0. The van der Waals surface area contributed by atoms with Crippen LogP contribution in [-0.2, 0) is 13.0 Å². The van der Waals surface area contributed by atoms with Crippen molar-refractivity contribution in [3.05, 3.63) is 47.8 Å². The van der Waals surface area contributed by atoms with Crippen molar-refractivity contribution >= 4 is 0 Å². The van der Waals surface area contributed by atoms with Gasteiger partial charge in [-0.15, -0.1) is 0 Å². The minimum absolute atomic E-state index is 0.225. The van der Waals surface area contributed by atoms with Gasteiger partial charge in [-0.3, -0.25) is 4.98 Å². The number of pyridine rings is 1. The molecule has 1 unspecified atom stereocenters. The molecule has 2 aromatic rings. The molecule has 0 amide bonds. The molecule has 0 bridgehead atoms. The molecule has 0 saturated carbocycles. The third-order valence-electron chi connectivity index (χ3n) is 3.46. The Hall–Kier alpha value is -1.68. The summed E-state index contributed by atoms with van der Waals surface area (Å²) >= 11 is 0. The minimum atomic E-state index is 0.225. The summed E-state index contributed by atoms with van der Waals surface area (Å²) in [6, 6.07) is 4.42. The Labute approximate surface area is 121 Å². The van der Waals surface area contributed by atoms with E-state index in [-0.39, 0.29) is 6.04 Å². The molecule has 0 fully saturated rings. The lowest BCUT2D eigenvalue weighted by molar-refractivity contribution is 0.496. The van der Waals surface area contributed by atoms with E-state index < -0.39 is 0 Å². The summed E-state index contributed by atoms with van der Waals surface area (Å²) in [6.07, 6.45) is 7.79. The monoisotopic (exact) mass is 272 g/mol. The zero-order valence-corrected chi connectivity index (χ0v) is 12.6. The Balaban J connectivity index is 2.19. The van der Waals surface area contributed by atoms with Crippen molar-refractivity contribution in [1.29, 1.82) is 0 Å². The van der Waals surface area contributed by atoms with E-state index >= 15 is 0 Å². The smallest absolute Gasteiger partial charge is 0.110 e. The molecule has 1 N–H and O–H groups in total. The van der Waals surface area contributed by atoms with Crippen LogP contribution < -0.4 is 5.32 Å². The molecule has 0 radical (unpaired) electrons. The molecule has 0 aliphatic rings. The predicted octanol–water partition coefficient (Wildman–Crippen LogP) is 2.89. The molecule has 0 aliphatic carbocycles. The first-order valence-electron chi connectivity index (χ1n) is 7.40. The van der Waals surface area contributed by atoms with Gasteiger partial charge in [0.25, 0.3) is 0 Å². The molecule has 0 aromatic carbocycles. The van der Waals surface area contributed by atoms with Crippen molar-refractivity contribution in [1.82, 2.24) is 19.9 Å². The summed E-state index contributed by atoms with van der Waals surface area (Å²) < 4.78 is 2.19. The largest absolute Gasteiger partial charge is 0.335 e. The van der Waals surface area contributed by atoms with Crippen molar-refractivity contribution in [2.45, 2.75) is 46.2 Å². The number of hydrogen-bond acceptors (Lipinski definition) is 3. The first-order valence-corrected chi connectivity index (χ1v) is 7.40. The number of nitrogens with one attached hydrogen (secondary N) is 1. The van der Waals surface area contributed by atoms with Crippen molar-refractivity contribution in [3.8, 4) is 0 Å². The molecule has 4 heteroatoms. The molecule has 0 saturated heterocycles. The minimum Gasteiger partial charge on any atom is -0.335 e. The Morgan fingerprint density at radius 2 is 2.10 bits per heavy atom. The van der Waals surface area contributed by atoms with E-state index in [0.29, 0.717) is 0 Å². The van der Waals surface area contributed by atoms with Crippen molar-refractivity contribution in [2.24, 2.45) is 0 Å². The van der Waals surface area contributed by atoms with Gasteiger partial charge in [-0.2, -0.15) is 0 Å². The summed E-state index contributed by atoms with van der Waals surface area (Å²) in [4.78, 5) is 9.01. The van der Waals surface area contributed by atoms with Crippen LogP contribution in [0.1, 0.15) is 43.4 Å². The lowest BCUT2D eigenvalue weighted by Crippen LogP contribution is -2.26. The molecule has 1 atom stereocenters. The summed E-state index contributed by atoms with van der Waals surface area (Å²) in [5.41, 5.74) is 2.35. The van der Waals surface area contributed by atoms with Crippen LogP contribution in [0.4, 0.5) is 0 Å². The molecule has 108 valence electrons. The average molecular weight is 272 g/mol. The quantitative estimate of drug-likeness (QED) is 0.842. The average Bonchev–Trinajstić information content (AvgIpc) is 2.90. The molecule has 0 spiro atoms. The molecule has 0 aliphatic heterocycles. The SMILES string of the molecule is CCCNC(Cc1nccn1CC)c1cc(C)ccn1. The van der Waals surface area contributed by atoms with E-state index in [9.17, 15) is 0 Å². The van der Waals surface area contributed by atoms with Crippen LogP contribution in [0.5, 0.6) is 0 Å². The number of aromatic nitrogens is 3. The summed E-state index contributed by atoms with van der Waals surface area (Å²) in [6.45, 7) is 8.38. The Morgan fingerprint density at radius 1 is 1.25 bits per heavy atom. The second-order valence-electron chi connectivity index (χ2n) is 5.10. The van der Waals surface area contributed by atoms with Gasteiger partial charge >= 0.3 is 0 Å². The van der Waals surface area contributed by atoms with E-state index in [1.165, 1.54) is 5.56 Å². The Morgan fingerprint density at radius 3 is 2.80 bits per heavy atom. The number of hydrogen-bond donors (Lipinski definition) is 1. The van der Waals surface area contributed by atoms with Crippen LogP contribution in [0.3, 0.4) is 0 Å². The van der Waals surface area contributed by atoms with Gasteiger partial charge < -0.3 is 9.88 Å². The lowest BCUT2D eigenvalue weighted by atomic mass is 10.1. The number of aryl methyl sites for hydroxylation is 2. The molecule has 2 heterocycles. The number of nitrogens with zero attached hydrogens (tertiary/aromatic N) is 3. The van der Waals surface area contributed by atoms with E-state index in [1.807, 2.05) is 24.7 Å². The van der Waals surface area contributed by atoms with Crippen LogP contribution in [0, 0.1) is 6.92 Å². The highest BCUT2D eigenvalue weighted by molar-refractivity contribution is 5.18. The Bertz CT molecular complexity index is 533. The van der Waals surface area contributed by atoms with E-state index in [1.54, 1.807) is 0 Å². The standard InChI is InChI=1S/C16H24N4/c1-4-7-17-15(14-11-13(3)6-8-18-14)12-16-19-9-10-20(16)5-2/h6,8-11,15,17H,4-5,7,12H2,1-3H3. The second-order valence-corrected chi connectivity index (χ2v) is 5.10. The highest BCUT2D eigenvalue weighted by Crippen LogP contribution is 2.17. The topological polar surface area (TPSA) is 42.7 Å². The molecule has 2 aromatic heterocycles. The van der Waals surface area contributed by atoms with Crippen LogP contribution >= 0.6 is 0 Å². The van der Waals surface area contributed by atoms with Crippen molar-refractivity contribution in [3.63, 3.8) is 0 Å². The fourth-order valence-corrected chi connectivity index (χ4v) is 2.35. The zero-order chi connectivity index (χ0) is 14.4. The third kappa shape index (κ3) is 3.67. The maximum atomic E-state index is 4.53. The maximum Gasteiger partial charge on any atom is 0.110 e. The fraction of sp³-hybridized carbons (Fsp3) is 0.500. The van der Waals surface area contributed by atoms with Gasteiger partial charge in [0.05, 0.1) is 11.7 Å². The zero-order valence-electron chi connectivity index (χ0n) is 12.6. The molecular weight excluding hydrogens is 248 g/mol. The van der Waals surface area contributed by atoms with Crippen molar-refractivity contribution < 1.29 is 0 Å². The first kappa shape index (κ1) is 14.7. The normalized spacial score (nSPS) is 12.6. The highest BCUT2D eigenvalue weighted by atomic mass is 15.1. The summed E-state index contributed by atoms with van der Waals surface area (Å²) in [5.74, 6) is 1.12. The molecule has 20 heavy (non-hydrogen) atoms. The summed E-state index contributed by atoms with van der Waals surface area (Å²) in [5, 5.41) is 3.59. The number of imidazole rings is 1. The predicted molar refractivity (Wildman–Crippen MR) is 81.6 cm³/mol. The lowest BCUT2D eigenvalue weighted by Gasteiger charge is -2.18.